The Bertz CT molecular complexity index is 702. The molecule has 2 amide bonds. The van der Waals surface area contributed by atoms with Crippen molar-refractivity contribution in [3.8, 4) is 0 Å². The van der Waals surface area contributed by atoms with Crippen LogP contribution in [0.1, 0.15) is 103 Å². The molecule has 0 spiro atoms. The quantitative estimate of drug-likeness (QED) is 0.559. The molecule has 4 aliphatic rings. The summed E-state index contributed by atoms with van der Waals surface area (Å²) in [5.74, 6) is -2.23. The fourth-order valence-electron chi connectivity index (χ4n) is 6.20. The molecule has 0 aromatic carbocycles. The molecule has 0 aromatic rings. The van der Waals surface area contributed by atoms with E-state index < -0.39 is 17.9 Å². The van der Waals surface area contributed by atoms with Crippen LogP contribution in [-0.2, 0) is 19.2 Å². The average molecular weight is 495 g/mol. The Kier molecular flexibility index (Phi) is 10.9. The lowest BCUT2D eigenvalue weighted by atomic mass is 9.78. The first-order valence-corrected chi connectivity index (χ1v) is 14.3. The second kappa shape index (κ2) is 13.6. The van der Waals surface area contributed by atoms with E-state index in [1.807, 2.05) is 0 Å². The number of aliphatic carboxylic acids is 1. The Morgan fingerprint density at radius 1 is 0.882 bits per heavy atom. The molecule has 0 radical (unpaired) electrons. The number of rotatable bonds is 6. The van der Waals surface area contributed by atoms with Gasteiger partial charge in [0.1, 0.15) is 6.04 Å². The van der Waals surface area contributed by atoms with Gasteiger partial charge in [-0.25, -0.2) is 4.79 Å². The first kappa shape index (κ1) is 27.2. The van der Waals surface area contributed by atoms with Crippen molar-refractivity contribution in [2.45, 2.75) is 121 Å². The van der Waals surface area contributed by atoms with Crippen molar-refractivity contribution in [3.63, 3.8) is 0 Å². The lowest BCUT2D eigenvalue weighted by Gasteiger charge is -2.30. The molecule has 3 unspecified atom stereocenters. The molecular weight excluding hydrogens is 452 g/mol. The molecule has 1 heterocycles. The fourth-order valence-corrected chi connectivity index (χ4v) is 6.76. The third-order valence-electron chi connectivity index (χ3n) is 7.88. The molecule has 192 valence electrons. The summed E-state index contributed by atoms with van der Waals surface area (Å²) in [6, 6.07) is 0.714. The molecule has 0 bridgehead atoms. The van der Waals surface area contributed by atoms with Crippen LogP contribution in [0.4, 0.5) is 0 Å². The van der Waals surface area contributed by atoms with E-state index in [0.717, 1.165) is 41.6 Å². The van der Waals surface area contributed by atoms with Crippen molar-refractivity contribution in [2.24, 2.45) is 11.8 Å². The normalized spacial score (nSPS) is 28.1. The van der Waals surface area contributed by atoms with Gasteiger partial charge in [-0.2, -0.15) is 0 Å². The largest absolute Gasteiger partial charge is 0.480 e. The van der Waals surface area contributed by atoms with Crippen LogP contribution in [0.3, 0.4) is 0 Å². The smallest absolute Gasteiger partial charge is 0.327 e. The van der Waals surface area contributed by atoms with E-state index in [0.29, 0.717) is 12.8 Å². The molecule has 8 heteroatoms. The summed E-state index contributed by atoms with van der Waals surface area (Å²) in [6.07, 6.45) is 17.7. The van der Waals surface area contributed by atoms with Gasteiger partial charge in [-0.1, -0.05) is 63.1 Å². The van der Waals surface area contributed by atoms with Gasteiger partial charge in [0, 0.05) is 43.0 Å². The molecule has 3 aliphatic carbocycles. The summed E-state index contributed by atoms with van der Waals surface area (Å²) in [6.45, 7) is 1.41. The summed E-state index contributed by atoms with van der Waals surface area (Å²) >= 11 is 1.01. The lowest BCUT2D eigenvalue weighted by Crippen LogP contribution is -2.45. The zero-order valence-corrected chi connectivity index (χ0v) is 21.5. The first-order chi connectivity index (χ1) is 16.4. The second-order valence-electron chi connectivity index (χ2n) is 10.4. The number of likely N-dealkylation sites (tertiary alicyclic amines) is 1. The molecule has 3 atom stereocenters. The number of carbonyl (C=O) groups is 4. The Labute approximate surface area is 208 Å². The van der Waals surface area contributed by atoms with Gasteiger partial charge in [0.05, 0.1) is 0 Å². The number of thioether (sulfide) groups is 1. The number of hydrogen-bond donors (Lipinski definition) is 2. The molecule has 4 rings (SSSR count). The molecule has 0 aromatic heterocycles. The van der Waals surface area contributed by atoms with Gasteiger partial charge in [-0.15, -0.1) is 0 Å². The number of nitrogens with zero attached hydrogens (tertiary/aromatic N) is 1. The van der Waals surface area contributed by atoms with Crippen LogP contribution in [0.2, 0.25) is 0 Å². The SMILES string of the molecule is C1CCC(NC2CCCCC2)CC1.CC(=O)SCCC(=O)N1C(=O)C2CCCCC2C1C(=O)O. The molecule has 34 heavy (non-hydrogen) atoms. The Hall–Kier alpha value is -1.41. The van der Waals surface area contributed by atoms with Gasteiger partial charge < -0.3 is 10.4 Å². The van der Waals surface area contributed by atoms with Crippen molar-refractivity contribution < 1.29 is 24.3 Å². The van der Waals surface area contributed by atoms with Crippen LogP contribution in [0.15, 0.2) is 0 Å². The maximum atomic E-state index is 12.4. The van der Waals surface area contributed by atoms with E-state index in [1.165, 1.54) is 71.1 Å². The summed E-state index contributed by atoms with van der Waals surface area (Å²) in [5.41, 5.74) is 0. The monoisotopic (exact) mass is 494 g/mol. The van der Waals surface area contributed by atoms with Crippen molar-refractivity contribution in [1.29, 1.82) is 0 Å². The summed E-state index contributed by atoms with van der Waals surface area (Å²) < 4.78 is 0. The number of imide groups is 1. The van der Waals surface area contributed by atoms with Crippen LogP contribution in [-0.4, -0.2) is 56.8 Å². The van der Waals surface area contributed by atoms with E-state index in [1.54, 1.807) is 0 Å². The minimum absolute atomic E-state index is 0.0131. The minimum atomic E-state index is -1.11. The summed E-state index contributed by atoms with van der Waals surface area (Å²) in [7, 11) is 0. The topological polar surface area (TPSA) is 104 Å². The number of hydrogen-bond acceptors (Lipinski definition) is 6. The van der Waals surface area contributed by atoms with Crippen molar-refractivity contribution >= 4 is 34.7 Å². The molecule has 4 fully saturated rings. The van der Waals surface area contributed by atoms with E-state index in [-0.39, 0.29) is 35.0 Å². The zero-order valence-electron chi connectivity index (χ0n) is 20.6. The maximum Gasteiger partial charge on any atom is 0.327 e. The maximum absolute atomic E-state index is 12.4. The molecule has 1 saturated heterocycles. The van der Waals surface area contributed by atoms with Gasteiger partial charge in [0.15, 0.2) is 5.12 Å². The second-order valence-corrected chi connectivity index (χ2v) is 11.6. The number of amides is 2. The highest BCUT2D eigenvalue weighted by Crippen LogP contribution is 2.41. The van der Waals surface area contributed by atoms with Gasteiger partial charge in [0.25, 0.3) is 0 Å². The Morgan fingerprint density at radius 2 is 1.41 bits per heavy atom. The third kappa shape index (κ3) is 7.54. The third-order valence-corrected chi connectivity index (χ3v) is 8.70. The zero-order chi connectivity index (χ0) is 24.5. The summed E-state index contributed by atoms with van der Waals surface area (Å²) in [5, 5.41) is 13.2. The minimum Gasteiger partial charge on any atom is -0.480 e. The predicted molar refractivity (Wildman–Crippen MR) is 133 cm³/mol. The predicted octanol–water partition coefficient (Wildman–Crippen LogP) is 4.53. The molecule has 1 aliphatic heterocycles. The fraction of sp³-hybridized carbons (Fsp3) is 0.846. The number of nitrogens with one attached hydrogen (secondary N) is 1. The Morgan fingerprint density at radius 3 is 1.94 bits per heavy atom. The highest BCUT2D eigenvalue weighted by atomic mass is 32.2. The number of carboxylic acids is 1. The standard InChI is InChI=1S/C14H19NO5S.C12H23N/c1-8(16)21-7-6-11(17)15-12(14(19)20)9-4-2-3-5-10(9)13(15)18;1-3-7-11(8-4-1)13-12-9-5-2-6-10-12/h9-10,12H,2-7H2,1H3,(H,19,20);11-13H,1-10H2. The van der Waals surface area contributed by atoms with Crippen LogP contribution >= 0.6 is 11.8 Å². The number of fused-ring (bicyclic) bond motifs is 1. The van der Waals surface area contributed by atoms with E-state index >= 15 is 0 Å². The molecular formula is C26H42N2O5S. The van der Waals surface area contributed by atoms with E-state index in [4.69, 9.17) is 0 Å². The molecule has 2 N–H and O–H groups in total. The molecule has 7 nitrogen and oxygen atoms in total. The van der Waals surface area contributed by atoms with Crippen molar-refractivity contribution in [3.05, 3.63) is 0 Å². The van der Waals surface area contributed by atoms with E-state index in [9.17, 15) is 24.3 Å². The van der Waals surface area contributed by atoms with Crippen LogP contribution in [0, 0.1) is 11.8 Å². The van der Waals surface area contributed by atoms with Crippen molar-refractivity contribution in [2.75, 3.05) is 5.75 Å². The summed E-state index contributed by atoms with van der Waals surface area (Å²) in [4.78, 5) is 47.9. The average Bonchev–Trinajstić information content (AvgIpc) is 3.13. The van der Waals surface area contributed by atoms with Gasteiger partial charge in [-0.05, 0) is 38.5 Å². The first-order valence-electron chi connectivity index (χ1n) is 13.4. The Balaban J connectivity index is 0.000000212. The molecule has 3 saturated carbocycles. The van der Waals surface area contributed by atoms with Gasteiger partial charge in [-0.3, -0.25) is 19.3 Å². The lowest BCUT2D eigenvalue weighted by molar-refractivity contribution is -0.154. The number of carboxylic acid groups (broad SMARTS) is 1. The number of carbonyl (C=O) groups excluding carboxylic acids is 3. The van der Waals surface area contributed by atoms with Gasteiger partial charge in [0.2, 0.25) is 11.8 Å². The highest BCUT2D eigenvalue weighted by Gasteiger charge is 2.53. The van der Waals surface area contributed by atoms with Crippen LogP contribution in [0.5, 0.6) is 0 Å². The van der Waals surface area contributed by atoms with Crippen LogP contribution < -0.4 is 5.32 Å². The van der Waals surface area contributed by atoms with Gasteiger partial charge >= 0.3 is 5.97 Å². The van der Waals surface area contributed by atoms with Crippen molar-refractivity contribution in [1.82, 2.24) is 10.2 Å². The highest BCUT2D eigenvalue weighted by molar-refractivity contribution is 8.13. The van der Waals surface area contributed by atoms with E-state index in [2.05, 4.69) is 5.32 Å². The van der Waals surface area contributed by atoms with Crippen LogP contribution in [0.25, 0.3) is 0 Å².